The Bertz CT molecular complexity index is 369. The van der Waals surface area contributed by atoms with Gasteiger partial charge >= 0.3 is 0 Å². The first-order valence-corrected chi connectivity index (χ1v) is 9.36. The first kappa shape index (κ1) is 20.0. The normalized spacial score (nSPS) is 12.3. The molecule has 0 saturated heterocycles. The molecule has 0 aliphatic heterocycles. The number of benzene rings is 1. The van der Waals surface area contributed by atoms with Crippen molar-refractivity contribution in [3.63, 3.8) is 0 Å². The topological polar surface area (TPSA) is 43.7 Å². The maximum Gasteiger partial charge on any atom is 0.0715 e. The number of aliphatic hydroxyl groups is 2. The lowest BCUT2D eigenvalue weighted by Gasteiger charge is -2.26. The van der Waals surface area contributed by atoms with E-state index in [9.17, 15) is 10.2 Å². The largest absolute Gasteiger partial charge is 0.395 e. The van der Waals surface area contributed by atoms with Crippen molar-refractivity contribution in [2.45, 2.75) is 70.8 Å². The first-order chi connectivity index (χ1) is 11.3. The second-order valence-corrected chi connectivity index (χ2v) is 6.42. The molecule has 1 atom stereocenters. The molecule has 0 spiro atoms. The fourth-order valence-electron chi connectivity index (χ4n) is 2.94. The number of unbranched alkanes of at least 4 members (excludes halogenated alkanes) is 7. The van der Waals surface area contributed by atoms with Crippen molar-refractivity contribution in [2.24, 2.45) is 0 Å². The molecule has 0 fully saturated rings. The molecule has 1 aromatic rings. The average Bonchev–Trinajstić information content (AvgIpc) is 2.57. The molecular weight excluding hydrogens is 286 g/mol. The summed E-state index contributed by atoms with van der Waals surface area (Å²) >= 11 is 0. The van der Waals surface area contributed by atoms with Gasteiger partial charge in [0, 0.05) is 18.8 Å². The van der Waals surface area contributed by atoms with E-state index >= 15 is 0 Å². The van der Waals surface area contributed by atoms with Gasteiger partial charge in [-0.3, -0.25) is 0 Å². The third-order valence-corrected chi connectivity index (χ3v) is 4.31. The Labute approximate surface area is 142 Å². The molecule has 1 aromatic carbocycles. The highest BCUT2D eigenvalue weighted by atomic mass is 16.3. The van der Waals surface area contributed by atoms with E-state index in [4.69, 9.17) is 0 Å². The number of para-hydroxylation sites is 1. The van der Waals surface area contributed by atoms with Crippen LogP contribution in [-0.4, -0.2) is 36.0 Å². The van der Waals surface area contributed by atoms with Gasteiger partial charge in [0.1, 0.15) is 0 Å². The molecule has 0 aliphatic rings. The second-order valence-electron chi connectivity index (χ2n) is 6.42. The molecule has 1 unspecified atom stereocenters. The third-order valence-electron chi connectivity index (χ3n) is 4.31. The van der Waals surface area contributed by atoms with Crippen LogP contribution in [0.1, 0.15) is 64.7 Å². The Morgan fingerprint density at radius 3 is 2.13 bits per heavy atom. The zero-order valence-electron chi connectivity index (χ0n) is 14.8. The van der Waals surface area contributed by atoms with Gasteiger partial charge < -0.3 is 15.1 Å². The van der Waals surface area contributed by atoms with Gasteiger partial charge in [-0.2, -0.15) is 0 Å². The molecule has 0 aromatic heterocycles. The molecule has 0 heterocycles. The number of anilines is 1. The Kier molecular flexibility index (Phi) is 11.6. The Balaban J connectivity index is 2.17. The van der Waals surface area contributed by atoms with Crippen LogP contribution in [0.3, 0.4) is 0 Å². The maximum atomic E-state index is 10.3. The van der Waals surface area contributed by atoms with E-state index in [0.29, 0.717) is 13.1 Å². The van der Waals surface area contributed by atoms with E-state index in [1.165, 1.54) is 44.9 Å². The lowest BCUT2D eigenvalue weighted by atomic mass is 10.1. The molecule has 0 bridgehead atoms. The van der Waals surface area contributed by atoms with Gasteiger partial charge in [-0.1, -0.05) is 76.5 Å². The predicted molar refractivity (Wildman–Crippen MR) is 99.0 cm³/mol. The van der Waals surface area contributed by atoms with Crippen molar-refractivity contribution in [1.82, 2.24) is 0 Å². The molecule has 2 N–H and O–H groups in total. The predicted octanol–water partition coefficient (Wildman–Crippen LogP) is 4.38. The average molecular weight is 322 g/mol. The second kappa shape index (κ2) is 13.4. The molecule has 132 valence electrons. The van der Waals surface area contributed by atoms with Crippen LogP contribution in [0.5, 0.6) is 0 Å². The zero-order valence-corrected chi connectivity index (χ0v) is 14.8. The van der Waals surface area contributed by atoms with Crippen molar-refractivity contribution in [3.05, 3.63) is 30.3 Å². The van der Waals surface area contributed by atoms with Crippen molar-refractivity contribution < 1.29 is 10.2 Å². The van der Waals surface area contributed by atoms with Crippen LogP contribution in [0.2, 0.25) is 0 Å². The standard InChI is InChI=1S/C20H35NO2/c1-2-3-4-5-6-7-8-12-15-20(23)18-21(16-17-22)19-13-10-9-11-14-19/h9-11,13-14,20,22-23H,2-8,12,15-18H2,1H3. The fraction of sp³-hybridized carbons (Fsp3) is 0.700. The highest BCUT2D eigenvalue weighted by Crippen LogP contribution is 2.15. The van der Waals surface area contributed by atoms with Crippen molar-refractivity contribution in [2.75, 3.05) is 24.6 Å². The minimum absolute atomic E-state index is 0.110. The fourth-order valence-corrected chi connectivity index (χ4v) is 2.94. The van der Waals surface area contributed by atoms with Crippen LogP contribution in [0.25, 0.3) is 0 Å². The molecule has 0 aliphatic carbocycles. The summed E-state index contributed by atoms with van der Waals surface area (Å²) < 4.78 is 0. The first-order valence-electron chi connectivity index (χ1n) is 9.36. The van der Waals surface area contributed by atoms with Gasteiger partial charge in [-0.25, -0.2) is 0 Å². The smallest absolute Gasteiger partial charge is 0.0715 e. The summed E-state index contributed by atoms with van der Waals surface area (Å²) in [5.41, 5.74) is 1.07. The molecule has 0 amide bonds. The minimum Gasteiger partial charge on any atom is -0.395 e. The molecule has 23 heavy (non-hydrogen) atoms. The van der Waals surface area contributed by atoms with Gasteiger partial charge in [0.2, 0.25) is 0 Å². The van der Waals surface area contributed by atoms with Crippen molar-refractivity contribution in [3.8, 4) is 0 Å². The van der Waals surface area contributed by atoms with E-state index in [1.54, 1.807) is 0 Å². The van der Waals surface area contributed by atoms with E-state index in [-0.39, 0.29) is 12.7 Å². The van der Waals surface area contributed by atoms with Gasteiger partial charge in [0.25, 0.3) is 0 Å². The van der Waals surface area contributed by atoms with Crippen LogP contribution in [-0.2, 0) is 0 Å². The van der Waals surface area contributed by atoms with Crippen LogP contribution in [0.4, 0.5) is 5.69 Å². The molecular formula is C20H35NO2. The Morgan fingerprint density at radius 1 is 0.913 bits per heavy atom. The molecule has 3 heteroatoms. The van der Waals surface area contributed by atoms with E-state index in [1.807, 2.05) is 30.3 Å². The lowest BCUT2D eigenvalue weighted by molar-refractivity contribution is 0.163. The van der Waals surface area contributed by atoms with Crippen LogP contribution in [0, 0.1) is 0 Å². The summed E-state index contributed by atoms with van der Waals surface area (Å²) in [6, 6.07) is 10.0. The van der Waals surface area contributed by atoms with Gasteiger partial charge in [-0.05, 0) is 18.6 Å². The summed E-state index contributed by atoms with van der Waals surface area (Å²) in [6.45, 7) is 3.52. The highest BCUT2D eigenvalue weighted by molar-refractivity contribution is 5.46. The van der Waals surface area contributed by atoms with Crippen molar-refractivity contribution in [1.29, 1.82) is 0 Å². The number of hydrogen-bond donors (Lipinski definition) is 2. The summed E-state index contributed by atoms with van der Waals surface area (Å²) in [6.07, 6.45) is 10.8. The highest BCUT2D eigenvalue weighted by Gasteiger charge is 2.11. The van der Waals surface area contributed by atoms with Crippen LogP contribution >= 0.6 is 0 Å². The Morgan fingerprint density at radius 2 is 1.52 bits per heavy atom. The van der Waals surface area contributed by atoms with Gasteiger partial charge in [-0.15, -0.1) is 0 Å². The number of rotatable bonds is 14. The van der Waals surface area contributed by atoms with Crippen LogP contribution in [0.15, 0.2) is 30.3 Å². The lowest BCUT2D eigenvalue weighted by Crippen LogP contribution is -2.34. The number of aliphatic hydroxyl groups excluding tert-OH is 2. The van der Waals surface area contributed by atoms with Gasteiger partial charge in [0.05, 0.1) is 12.7 Å². The zero-order chi connectivity index (χ0) is 16.8. The summed E-state index contributed by atoms with van der Waals surface area (Å²) in [7, 11) is 0. The summed E-state index contributed by atoms with van der Waals surface area (Å²) in [5.74, 6) is 0. The van der Waals surface area contributed by atoms with Crippen LogP contribution < -0.4 is 4.90 Å². The van der Waals surface area contributed by atoms with Gasteiger partial charge in [0.15, 0.2) is 0 Å². The maximum absolute atomic E-state index is 10.3. The van der Waals surface area contributed by atoms with Crippen molar-refractivity contribution >= 4 is 5.69 Å². The molecule has 3 nitrogen and oxygen atoms in total. The number of hydrogen-bond acceptors (Lipinski definition) is 3. The number of nitrogens with zero attached hydrogens (tertiary/aromatic N) is 1. The molecule has 0 saturated carbocycles. The minimum atomic E-state index is -0.318. The van der Waals surface area contributed by atoms with E-state index in [2.05, 4.69) is 11.8 Å². The summed E-state index contributed by atoms with van der Waals surface area (Å²) in [4.78, 5) is 2.06. The molecule has 1 rings (SSSR count). The SMILES string of the molecule is CCCCCCCCCCC(O)CN(CCO)c1ccccc1. The molecule has 0 radical (unpaired) electrons. The third kappa shape index (κ3) is 9.62. The quantitative estimate of drug-likeness (QED) is 0.500. The van der Waals surface area contributed by atoms with E-state index < -0.39 is 0 Å². The Hall–Kier alpha value is -1.06. The van der Waals surface area contributed by atoms with E-state index in [0.717, 1.165) is 18.5 Å². The monoisotopic (exact) mass is 321 g/mol. The summed E-state index contributed by atoms with van der Waals surface area (Å²) in [5, 5.41) is 19.5.